The van der Waals surface area contributed by atoms with Gasteiger partial charge in [-0.25, -0.2) is 14.2 Å². The molecule has 256 valence electrons. The van der Waals surface area contributed by atoms with Gasteiger partial charge in [-0.05, 0) is 33.4 Å². The Morgan fingerprint density at radius 3 is 2.23 bits per heavy atom. The average molecular weight is 746 g/mol. The summed E-state index contributed by atoms with van der Waals surface area (Å²) in [6.45, 7) is 2.58. The molecule has 0 fully saturated rings. The third kappa shape index (κ3) is 9.88. The number of amides is 3. The van der Waals surface area contributed by atoms with Crippen LogP contribution in [0.2, 0.25) is 0 Å². The van der Waals surface area contributed by atoms with Gasteiger partial charge in [-0.2, -0.15) is 0 Å². The molecule has 0 saturated heterocycles. The van der Waals surface area contributed by atoms with Gasteiger partial charge < -0.3 is 46.3 Å². The molecule has 0 saturated carbocycles. The predicted octanol–water partition coefficient (Wildman–Crippen LogP) is 2.95. The van der Waals surface area contributed by atoms with E-state index in [4.69, 9.17) is 23.7 Å². The molecule has 0 bridgehead atoms. The van der Waals surface area contributed by atoms with Crippen molar-refractivity contribution in [1.29, 1.82) is 0 Å². The Balaban J connectivity index is 0.00000625. The highest BCUT2D eigenvalue weighted by Crippen LogP contribution is 2.41. The number of ether oxygens (including phenoxy) is 5. The van der Waals surface area contributed by atoms with E-state index in [1.54, 1.807) is 30.5 Å². The van der Waals surface area contributed by atoms with Crippen LogP contribution in [0.5, 0.6) is 17.2 Å². The molecular weight excluding hydrogens is 708 g/mol. The highest BCUT2D eigenvalue weighted by Gasteiger charge is 2.25. The molecular formula is C34H38BrClN4O8. The maximum atomic E-state index is 13.9. The summed E-state index contributed by atoms with van der Waals surface area (Å²) >= 11 is 3.50. The van der Waals surface area contributed by atoms with E-state index in [-0.39, 0.29) is 44.6 Å². The van der Waals surface area contributed by atoms with Crippen LogP contribution < -0.4 is 46.7 Å². The fourth-order valence-corrected chi connectivity index (χ4v) is 5.40. The first-order valence-corrected chi connectivity index (χ1v) is 15.7. The second-order valence-corrected chi connectivity index (χ2v) is 11.1. The monoisotopic (exact) mass is 744 g/mol. The lowest BCUT2D eigenvalue weighted by molar-refractivity contribution is -0.697. The minimum absolute atomic E-state index is 0. The second kappa shape index (κ2) is 18.6. The number of carbonyl (C=O) groups excluding carboxylic acids is 3. The molecule has 1 aromatic heterocycles. The van der Waals surface area contributed by atoms with Crippen LogP contribution in [0.25, 0.3) is 10.8 Å². The SMILES string of the molecule is CCC[n+]1cc(Br)cc(C(=O)N(CCOC(=O)NCCOC(=O)Nc2cccc3ccccc23)c2cc(OC)c(OC)c(OC)c2)c1.[Cl-]. The summed E-state index contributed by atoms with van der Waals surface area (Å²) in [4.78, 5) is 40.2. The summed E-state index contributed by atoms with van der Waals surface area (Å²) in [5, 5.41) is 7.14. The molecule has 0 aliphatic rings. The maximum absolute atomic E-state index is 13.9. The molecule has 0 atom stereocenters. The Kier molecular flexibility index (Phi) is 14.6. The Labute approximate surface area is 293 Å². The number of rotatable bonds is 14. The third-order valence-electron chi connectivity index (χ3n) is 7.00. The van der Waals surface area contributed by atoms with E-state index < -0.39 is 12.2 Å². The van der Waals surface area contributed by atoms with E-state index in [1.807, 2.05) is 54.1 Å². The van der Waals surface area contributed by atoms with Gasteiger partial charge in [0.2, 0.25) is 5.75 Å². The lowest BCUT2D eigenvalue weighted by Crippen LogP contribution is -3.00. The Bertz CT molecular complexity index is 1690. The summed E-state index contributed by atoms with van der Waals surface area (Å²) in [6.07, 6.45) is 3.17. The summed E-state index contributed by atoms with van der Waals surface area (Å²) < 4.78 is 29.7. The number of anilines is 2. The first kappa shape index (κ1) is 37.7. The van der Waals surface area contributed by atoms with Crippen molar-refractivity contribution >= 4 is 56.2 Å². The minimum Gasteiger partial charge on any atom is -1.00 e. The van der Waals surface area contributed by atoms with Crippen molar-refractivity contribution in [1.82, 2.24) is 5.32 Å². The number of hydrogen-bond acceptors (Lipinski definition) is 8. The normalized spacial score (nSPS) is 10.4. The molecule has 0 aliphatic heterocycles. The van der Waals surface area contributed by atoms with Gasteiger partial charge in [0.15, 0.2) is 23.9 Å². The fraction of sp³-hybridized carbons (Fsp3) is 0.294. The summed E-state index contributed by atoms with van der Waals surface area (Å²) in [7, 11) is 4.46. The number of hydrogen-bond donors (Lipinski definition) is 2. The molecule has 3 amide bonds. The molecule has 48 heavy (non-hydrogen) atoms. The van der Waals surface area contributed by atoms with Crippen LogP contribution in [0.4, 0.5) is 21.0 Å². The number of aryl methyl sites for hydroxylation is 1. The van der Waals surface area contributed by atoms with Gasteiger partial charge in [-0.15, -0.1) is 0 Å². The highest BCUT2D eigenvalue weighted by atomic mass is 79.9. The summed E-state index contributed by atoms with van der Waals surface area (Å²) in [5.74, 6) is 0.759. The van der Waals surface area contributed by atoms with E-state index in [2.05, 4.69) is 26.6 Å². The maximum Gasteiger partial charge on any atom is 0.411 e. The lowest BCUT2D eigenvalue weighted by atomic mass is 10.1. The molecule has 1 heterocycles. The zero-order valence-electron chi connectivity index (χ0n) is 27.1. The number of halogens is 2. The topological polar surface area (TPSA) is 129 Å². The number of methoxy groups -OCH3 is 3. The van der Waals surface area contributed by atoms with Gasteiger partial charge >= 0.3 is 12.2 Å². The number of carbonyl (C=O) groups is 3. The van der Waals surface area contributed by atoms with Gasteiger partial charge in [0.1, 0.15) is 25.3 Å². The number of nitrogens with zero attached hydrogens (tertiary/aromatic N) is 2. The fourth-order valence-electron chi connectivity index (χ4n) is 4.89. The van der Waals surface area contributed by atoms with Gasteiger partial charge in [-0.3, -0.25) is 10.1 Å². The quantitative estimate of drug-likeness (QED) is 0.149. The number of alkyl carbamates (subject to hydrolysis) is 1. The molecule has 14 heteroatoms. The van der Waals surface area contributed by atoms with Crippen LogP contribution in [0.3, 0.4) is 0 Å². The predicted molar refractivity (Wildman–Crippen MR) is 181 cm³/mol. The largest absolute Gasteiger partial charge is 1.00 e. The number of benzene rings is 3. The minimum atomic E-state index is -0.733. The lowest BCUT2D eigenvalue weighted by Gasteiger charge is -2.24. The zero-order chi connectivity index (χ0) is 33.8. The zero-order valence-corrected chi connectivity index (χ0v) is 29.4. The number of pyridine rings is 1. The Morgan fingerprint density at radius 1 is 0.854 bits per heavy atom. The van der Waals surface area contributed by atoms with Gasteiger partial charge in [0.25, 0.3) is 5.91 Å². The van der Waals surface area contributed by atoms with Crippen LogP contribution >= 0.6 is 15.9 Å². The van der Waals surface area contributed by atoms with Crippen LogP contribution in [0.15, 0.2) is 77.5 Å². The van der Waals surface area contributed by atoms with E-state index in [0.29, 0.717) is 34.2 Å². The van der Waals surface area contributed by atoms with Gasteiger partial charge in [-0.1, -0.05) is 43.3 Å². The summed E-state index contributed by atoms with van der Waals surface area (Å²) in [5.41, 5.74) is 1.49. The van der Waals surface area contributed by atoms with Crippen molar-refractivity contribution in [3.05, 3.63) is 83.1 Å². The highest BCUT2D eigenvalue weighted by molar-refractivity contribution is 9.10. The molecule has 3 aromatic carbocycles. The average Bonchev–Trinajstić information content (AvgIpc) is 3.07. The molecule has 2 N–H and O–H groups in total. The van der Waals surface area contributed by atoms with Crippen LogP contribution in [-0.2, 0) is 16.0 Å². The number of aromatic nitrogens is 1. The van der Waals surface area contributed by atoms with Crippen molar-refractivity contribution in [2.75, 3.05) is 57.8 Å². The molecule has 0 aliphatic carbocycles. The van der Waals surface area contributed by atoms with E-state index in [0.717, 1.165) is 28.2 Å². The van der Waals surface area contributed by atoms with E-state index in [9.17, 15) is 14.4 Å². The number of nitrogens with one attached hydrogen (secondary N) is 2. The van der Waals surface area contributed by atoms with Crippen molar-refractivity contribution in [3.63, 3.8) is 0 Å². The molecule has 12 nitrogen and oxygen atoms in total. The molecule has 0 spiro atoms. The first-order chi connectivity index (χ1) is 22.8. The molecule has 4 rings (SSSR count). The number of fused-ring (bicyclic) bond motifs is 1. The van der Waals surface area contributed by atoms with Crippen molar-refractivity contribution in [2.45, 2.75) is 19.9 Å². The Hall–Kier alpha value is -4.75. The third-order valence-corrected chi connectivity index (χ3v) is 7.44. The van der Waals surface area contributed by atoms with Crippen LogP contribution in [0.1, 0.15) is 23.7 Å². The van der Waals surface area contributed by atoms with E-state index >= 15 is 0 Å². The standard InChI is InChI=1S/C34H37BrN4O8.ClH/c1-5-14-38-21-24(18-25(35)22-38)32(40)39(26-19-29(43-2)31(45-4)30(20-26)44-3)15-17-47-33(41)36-13-16-46-34(42)37-28-12-8-10-23-9-6-7-11-27(23)28;/h6-12,18-22H,5,13-17H2,1-4H3,(H-,36,37,41,42);1H. The van der Waals surface area contributed by atoms with Crippen molar-refractivity contribution in [3.8, 4) is 17.2 Å². The first-order valence-electron chi connectivity index (χ1n) is 14.9. The molecule has 4 aromatic rings. The van der Waals surface area contributed by atoms with Crippen LogP contribution in [0, 0.1) is 0 Å². The van der Waals surface area contributed by atoms with Gasteiger partial charge in [0.05, 0.1) is 50.3 Å². The smallest absolute Gasteiger partial charge is 0.411 e. The summed E-state index contributed by atoms with van der Waals surface area (Å²) in [6, 6.07) is 18.3. The Morgan fingerprint density at radius 2 is 1.54 bits per heavy atom. The van der Waals surface area contributed by atoms with Crippen molar-refractivity contribution < 1.29 is 55.0 Å². The van der Waals surface area contributed by atoms with Crippen LogP contribution in [-0.4, -0.2) is 65.7 Å². The molecule has 0 unspecified atom stereocenters. The van der Waals surface area contributed by atoms with Gasteiger partial charge in [0, 0.05) is 23.9 Å². The molecule has 0 radical (unpaired) electrons. The van der Waals surface area contributed by atoms with Crippen molar-refractivity contribution in [2.24, 2.45) is 0 Å². The van der Waals surface area contributed by atoms with E-state index in [1.165, 1.54) is 26.2 Å². The second-order valence-electron chi connectivity index (χ2n) is 10.2.